The van der Waals surface area contributed by atoms with Gasteiger partial charge in [0.2, 0.25) is 0 Å². The highest BCUT2D eigenvalue weighted by atomic mass is 19.4. The summed E-state index contributed by atoms with van der Waals surface area (Å²) in [5.41, 5.74) is 7.21. The Morgan fingerprint density at radius 3 is 2.34 bits per heavy atom. The van der Waals surface area contributed by atoms with Gasteiger partial charge >= 0.3 is 12.3 Å². The largest absolute Gasteiger partial charge is 0.444 e. The molecule has 0 aliphatic carbocycles. The molecule has 2 aromatic carbocycles. The molecule has 2 amide bonds. The molecule has 2 fully saturated rings. The Bertz CT molecular complexity index is 1450. The molecule has 0 spiro atoms. The Kier molecular flexibility index (Phi) is 10.2. The molecule has 3 heterocycles. The number of nitrogens with one attached hydrogen (secondary N) is 1. The third kappa shape index (κ3) is 8.44. The van der Waals surface area contributed by atoms with E-state index in [4.69, 9.17) is 10.5 Å². The van der Waals surface area contributed by atoms with Crippen molar-refractivity contribution in [3.8, 4) is 0 Å². The number of amides is 2. The van der Waals surface area contributed by atoms with Gasteiger partial charge in [-0.2, -0.15) is 13.2 Å². The Balaban J connectivity index is 1.28. The summed E-state index contributed by atoms with van der Waals surface area (Å²) < 4.78 is 47.8. The first-order chi connectivity index (χ1) is 22.0. The van der Waals surface area contributed by atoms with Crippen molar-refractivity contribution in [2.75, 3.05) is 58.2 Å². The number of aliphatic hydroxyl groups excluding tert-OH is 1. The SMILES string of the molecule is C[C@H]1CN(C(C(N)O)C2CN(C(=O)OC(C)(C)C)C2)Cc2cc(C(=O)Nc3ccc(CN4CCN(C)CC4)c(C(F)(F)F)c3)ccc21. The molecule has 5 rings (SSSR count). The minimum atomic E-state index is -4.57. The van der Waals surface area contributed by atoms with Gasteiger partial charge in [-0.1, -0.05) is 19.1 Å². The summed E-state index contributed by atoms with van der Waals surface area (Å²) >= 11 is 0. The summed E-state index contributed by atoms with van der Waals surface area (Å²) in [5, 5.41) is 13.3. The second-order valence-electron chi connectivity index (χ2n) is 14.3. The van der Waals surface area contributed by atoms with Crippen LogP contribution in [0.2, 0.25) is 0 Å². The van der Waals surface area contributed by atoms with Gasteiger partial charge in [0.05, 0.1) is 11.6 Å². The van der Waals surface area contributed by atoms with Gasteiger partial charge in [-0.25, -0.2) is 4.79 Å². The van der Waals surface area contributed by atoms with Gasteiger partial charge in [-0.3, -0.25) is 14.6 Å². The minimum Gasteiger partial charge on any atom is -0.444 e. The number of nitrogens with two attached hydrogens (primary N) is 1. The maximum atomic E-state index is 14.1. The van der Waals surface area contributed by atoms with Crippen LogP contribution in [0, 0.1) is 5.92 Å². The summed E-state index contributed by atoms with van der Waals surface area (Å²) in [6.07, 6.45) is -6.12. The number of carbonyl (C=O) groups excluding carboxylic acids is 2. The summed E-state index contributed by atoms with van der Waals surface area (Å²) in [6, 6.07) is 8.89. The molecule has 3 atom stereocenters. The first kappa shape index (κ1) is 35.1. The molecular weight excluding hydrogens is 613 g/mol. The Hall–Kier alpha value is -3.23. The van der Waals surface area contributed by atoms with Crippen molar-refractivity contribution in [3.63, 3.8) is 0 Å². The lowest BCUT2D eigenvalue weighted by Crippen LogP contribution is -2.64. The number of ether oxygens (including phenoxy) is 1. The molecule has 47 heavy (non-hydrogen) atoms. The second-order valence-corrected chi connectivity index (χ2v) is 14.3. The summed E-state index contributed by atoms with van der Waals surface area (Å²) in [6.45, 7) is 12.5. The fraction of sp³-hybridized carbons (Fsp3) is 0.588. The lowest BCUT2D eigenvalue weighted by Gasteiger charge is -2.49. The Labute approximate surface area is 274 Å². The van der Waals surface area contributed by atoms with Gasteiger partial charge in [0, 0.05) is 76.1 Å². The van der Waals surface area contributed by atoms with Gasteiger partial charge in [0.25, 0.3) is 5.91 Å². The van der Waals surface area contributed by atoms with E-state index in [1.54, 1.807) is 17.0 Å². The zero-order valence-corrected chi connectivity index (χ0v) is 27.8. The van der Waals surface area contributed by atoms with Crippen molar-refractivity contribution in [3.05, 3.63) is 64.2 Å². The van der Waals surface area contributed by atoms with Gasteiger partial charge in [0.15, 0.2) is 0 Å². The fourth-order valence-electron chi connectivity index (χ4n) is 6.83. The fourth-order valence-corrected chi connectivity index (χ4v) is 6.83. The average Bonchev–Trinajstić information content (AvgIpc) is 2.94. The van der Waals surface area contributed by atoms with E-state index in [9.17, 15) is 27.9 Å². The molecule has 2 aromatic rings. The van der Waals surface area contributed by atoms with Crippen molar-refractivity contribution < 1.29 is 32.6 Å². The van der Waals surface area contributed by atoms with Crippen LogP contribution < -0.4 is 11.1 Å². The van der Waals surface area contributed by atoms with Crippen LogP contribution in [0.3, 0.4) is 0 Å². The summed E-state index contributed by atoms with van der Waals surface area (Å²) in [7, 11) is 1.99. The lowest BCUT2D eigenvalue weighted by molar-refractivity contribution is -0.138. The van der Waals surface area contributed by atoms with Crippen LogP contribution >= 0.6 is 0 Å². The molecule has 2 unspecified atom stereocenters. The maximum Gasteiger partial charge on any atom is 0.416 e. The van der Waals surface area contributed by atoms with Gasteiger partial charge < -0.3 is 30.7 Å². The van der Waals surface area contributed by atoms with Crippen LogP contribution in [0.4, 0.5) is 23.7 Å². The maximum absolute atomic E-state index is 14.1. The highest BCUT2D eigenvalue weighted by molar-refractivity contribution is 6.04. The number of aliphatic hydroxyl groups is 1. The van der Waals surface area contributed by atoms with E-state index >= 15 is 0 Å². The Morgan fingerprint density at radius 1 is 1.04 bits per heavy atom. The number of likely N-dealkylation sites (N-methyl/N-ethyl adjacent to an activating group) is 1. The number of anilines is 1. The minimum absolute atomic E-state index is 0.0650. The van der Waals surface area contributed by atoms with Crippen LogP contribution in [0.5, 0.6) is 0 Å². The highest BCUT2D eigenvalue weighted by Crippen LogP contribution is 2.36. The number of alkyl halides is 3. The van der Waals surface area contributed by atoms with E-state index in [1.807, 2.05) is 38.8 Å². The van der Waals surface area contributed by atoms with Crippen LogP contribution in [-0.2, 0) is 24.0 Å². The number of piperazine rings is 1. The first-order valence-corrected chi connectivity index (χ1v) is 16.2. The van der Waals surface area contributed by atoms with E-state index in [0.29, 0.717) is 44.8 Å². The molecule has 0 bridgehead atoms. The molecule has 10 nitrogen and oxygen atoms in total. The van der Waals surface area contributed by atoms with E-state index < -0.39 is 41.6 Å². The third-order valence-corrected chi connectivity index (χ3v) is 9.30. The topological polar surface area (TPSA) is 115 Å². The van der Waals surface area contributed by atoms with E-state index in [-0.39, 0.29) is 29.6 Å². The summed E-state index contributed by atoms with van der Waals surface area (Å²) in [5.74, 6) is -0.508. The van der Waals surface area contributed by atoms with E-state index in [2.05, 4.69) is 22.0 Å². The number of likely N-dealkylation sites (tertiary alicyclic amines) is 1. The van der Waals surface area contributed by atoms with Crippen molar-refractivity contribution in [1.82, 2.24) is 19.6 Å². The van der Waals surface area contributed by atoms with Crippen molar-refractivity contribution in [2.24, 2.45) is 11.7 Å². The predicted octanol–water partition coefficient (Wildman–Crippen LogP) is 4.14. The number of nitrogens with zero attached hydrogens (tertiary/aromatic N) is 4. The predicted molar refractivity (Wildman–Crippen MR) is 173 cm³/mol. The summed E-state index contributed by atoms with van der Waals surface area (Å²) in [4.78, 5) is 33.7. The highest BCUT2D eigenvalue weighted by Gasteiger charge is 2.44. The number of benzene rings is 2. The molecule has 3 aliphatic rings. The average molecular weight is 661 g/mol. The number of hydrogen-bond donors (Lipinski definition) is 3. The molecule has 258 valence electrons. The molecule has 3 aliphatic heterocycles. The number of halogens is 3. The van der Waals surface area contributed by atoms with Gasteiger partial charge in [0.1, 0.15) is 11.8 Å². The standard InChI is InChI=1S/C34H47F3N6O4/c1-21-16-42(29(30(38)44)25-19-43(20-25)32(46)47-33(2,3)4)18-24-14-22(7-9-27(21)24)31(45)39-26-8-6-23(28(15-26)34(35,36)37)17-41-12-10-40(5)11-13-41/h6-9,14-15,21,25,29-30,44H,10-13,16-20,38H2,1-5H3,(H,39,45)/t21-,29?,30?/m0/s1. The van der Waals surface area contributed by atoms with E-state index in [0.717, 1.165) is 30.3 Å². The zero-order chi connectivity index (χ0) is 34.3. The zero-order valence-electron chi connectivity index (χ0n) is 27.8. The van der Waals surface area contributed by atoms with Crippen LogP contribution in [0.15, 0.2) is 36.4 Å². The lowest BCUT2D eigenvalue weighted by atomic mass is 9.84. The third-order valence-electron chi connectivity index (χ3n) is 9.30. The quantitative estimate of drug-likeness (QED) is 0.380. The van der Waals surface area contributed by atoms with Gasteiger partial charge in [-0.15, -0.1) is 0 Å². The second kappa shape index (κ2) is 13.7. The molecule has 4 N–H and O–H groups in total. The monoisotopic (exact) mass is 660 g/mol. The molecule has 0 radical (unpaired) electrons. The van der Waals surface area contributed by atoms with Crippen molar-refractivity contribution >= 4 is 17.7 Å². The Morgan fingerprint density at radius 2 is 1.72 bits per heavy atom. The first-order valence-electron chi connectivity index (χ1n) is 16.2. The molecular formula is C34H47F3N6O4. The molecule has 13 heteroatoms. The number of fused-ring (bicyclic) bond motifs is 1. The number of carbonyl (C=O) groups is 2. The van der Waals surface area contributed by atoms with E-state index in [1.165, 1.54) is 12.1 Å². The van der Waals surface area contributed by atoms with Crippen molar-refractivity contribution in [1.29, 1.82) is 0 Å². The van der Waals surface area contributed by atoms with Gasteiger partial charge in [-0.05, 0) is 74.7 Å². The smallest absolute Gasteiger partial charge is 0.416 e. The van der Waals surface area contributed by atoms with Crippen molar-refractivity contribution in [2.45, 2.75) is 70.7 Å². The van der Waals surface area contributed by atoms with Crippen LogP contribution in [0.1, 0.15) is 66.2 Å². The molecule has 0 saturated carbocycles. The number of hydrogen-bond acceptors (Lipinski definition) is 8. The van der Waals surface area contributed by atoms with Crippen LogP contribution in [-0.4, -0.2) is 107 Å². The van der Waals surface area contributed by atoms with Crippen LogP contribution in [0.25, 0.3) is 0 Å². The number of rotatable bonds is 7. The molecule has 0 aromatic heterocycles. The molecule has 2 saturated heterocycles. The normalized spacial score (nSPS) is 21.5.